The van der Waals surface area contributed by atoms with Crippen molar-refractivity contribution < 1.29 is 18.1 Å². The van der Waals surface area contributed by atoms with Gasteiger partial charge < -0.3 is 9.29 Å². The van der Waals surface area contributed by atoms with E-state index in [0.717, 1.165) is 5.56 Å². The molecule has 3 nitrogen and oxygen atoms in total. The van der Waals surface area contributed by atoms with Crippen LogP contribution in [0.25, 0.3) is 0 Å². The SMILES string of the molecule is C[C@@H](N[S@+]([O-])C(C)(C)C)c1ccc(OCC(F)F)c(Cl)c1. The van der Waals surface area contributed by atoms with E-state index in [1.807, 2.05) is 27.7 Å². The Kier molecular flexibility index (Phi) is 6.71. The van der Waals surface area contributed by atoms with Gasteiger partial charge in [0.2, 0.25) is 0 Å². The van der Waals surface area contributed by atoms with Crippen molar-refractivity contribution in [1.29, 1.82) is 0 Å². The Labute approximate surface area is 132 Å². The standard InChI is InChI=1S/C14H20ClF2NO2S/c1-9(18-21(19)14(2,3)4)10-5-6-12(11(15)7-10)20-8-13(16)17/h5-7,9,13,18H,8H2,1-4H3/t9-,21-/m1/s1. The fraction of sp³-hybridized carbons (Fsp3) is 0.571. The van der Waals surface area contributed by atoms with Gasteiger partial charge in [-0.2, -0.15) is 0 Å². The molecule has 0 saturated carbocycles. The van der Waals surface area contributed by atoms with E-state index >= 15 is 0 Å². The fourth-order valence-electron chi connectivity index (χ4n) is 1.46. The number of rotatable bonds is 6. The quantitative estimate of drug-likeness (QED) is 0.794. The third-order valence-electron chi connectivity index (χ3n) is 2.66. The lowest BCUT2D eigenvalue weighted by Gasteiger charge is -2.26. The Morgan fingerprint density at radius 3 is 2.48 bits per heavy atom. The molecule has 7 heteroatoms. The van der Waals surface area contributed by atoms with Crippen molar-refractivity contribution in [3.05, 3.63) is 28.8 Å². The van der Waals surface area contributed by atoms with Crippen molar-refractivity contribution in [1.82, 2.24) is 4.72 Å². The molecule has 0 aliphatic rings. The number of hydrogen-bond donors (Lipinski definition) is 1. The molecule has 0 radical (unpaired) electrons. The van der Waals surface area contributed by atoms with E-state index in [1.54, 1.807) is 12.1 Å². The molecular formula is C14H20ClF2NO2S. The van der Waals surface area contributed by atoms with Gasteiger partial charge >= 0.3 is 0 Å². The van der Waals surface area contributed by atoms with Crippen LogP contribution in [0.4, 0.5) is 8.78 Å². The molecule has 1 rings (SSSR count). The van der Waals surface area contributed by atoms with Gasteiger partial charge in [-0.05, 0) is 45.4 Å². The molecule has 120 valence electrons. The first kappa shape index (κ1) is 18.5. The van der Waals surface area contributed by atoms with Crippen molar-refractivity contribution >= 4 is 23.0 Å². The molecule has 2 atom stereocenters. The Bertz CT molecular complexity index is 469. The summed E-state index contributed by atoms with van der Waals surface area (Å²) in [6.45, 7) is 6.78. The lowest BCUT2D eigenvalue weighted by atomic mass is 10.1. The number of halogens is 3. The summed E-state index contributed by atoms with van der Waals surface area (Å²) in [6.07, 6.45) is -2.55. The Morgan fingerprint density at radius 1 is 1.38 bits per heavy atom. The summed E-state index contributed by atoms with van der Waals surface area (Å²) in [5.41, 5.74) is 0.807. The van der Waals surface area contributed by atoms with Crippen LogP contribution in [-0.4, -0.2) is 22.3 Å². The van der Waals surface area contributed by atoms with Gasteiger partial charge in [0, 0.05) is 11.4 Å². The Hall–Kier alpha value is -0.560. The van der Waals surface area contributed by atoms with Crippen LogP contribution in [-0.2, 0) is 11.4 Å². The van der Waals surface area contributed by atoms with E-state index < -0.39 is 24.4 Å². The number of ether oxygens (including phenoxy) is 1. The highest BCUT2D eigenvalue weighted by molar-refractivity contribution is 7.90. The highest BCUT2D eigenvalue weighted by atomic mass is 35.5. The van der Waals surface area contributed by atoms with Gasteiger partial charge in [-0.25, -0.2) is 8.78 Å². The molecule has 0 unspecified atom stereocenters. The van der Waals surface area contributed by atoms with Crippen LogP contribution in [0.2, 0.25) is 5.02 Å². The van der Waals surface area contributed by atoms with E-state index in [-0.39, 0.29) is 21.6 Å². The second kappa shape index (κ2) is 7.63. The molecule has 0 aromatic heterocycles. The average Bonchev–Trinajstić information content (AvgIpc) is 2.35. The Morgan fingerprint density at radius 2 is 2.00 bits per heavy atom. The van der Waals surface area contributed by atoms with Crippen LogP contribution in [0, 0.1) is 0 Å². The first-order valence-corrected chi connectivity index (χ1v) is 8.02. The summed E-state index contributed by atoms with van der Waals surface area (Å²) in [5, 5.41) is 0.253. The van der Waals surface area contributed by atoms with Crippen molar-refractivity contribution in [3.63, 3.8) is 0 Å². The topological polar surface area (TPSA) is 44.3 Å². The van der Waals surface area contributed by atoms with E-state index in [0.29, 0.717) is 0 Å². The average molecular weight is 340 g/mol. The van der Waals surface area contributed by atoms with Crippen molar-refractivity contribution in [2.45, 2.75) is 44.9 Å². The van der Waals surface area contributed by atoms with Crippen LogP contribution < -0.4 is 9.46 Å². The zero-order chi connectivity index (χ0) is 16.2. The lowest BCUT2D eigenvalue weighted by Crippen LogP contribution is -2.40. The normalized spacial score (nSPS) is 15.1. The fourth-order valence-corrected chi connectivity index (χ4v) is 2.52. The maximum Gasteiger partial charge on any atom is 0.272 e. The number of alkyl halides is 2. The minimum absolute atomic E-state index is 0.188. The van der Waals surface area contributed by atoms with Crippen molar-refractivity contribution in [2.24, 2.45) is 0 Å². The van der Waals surface area contributed by atoms with E-state index in [2.05, 4.69) is 4.72 Å². The first-order chi connectivity index (χ1) is 9.61. The number of hydrogen-bond acceptors (Lipinski definition) is 3. The summed E-state index contributed by atoms with van der Waals surface area (Å²) in [6, 6.07) is 4.69. The van der Waals surface area contributed by atoms with Crippen LogP contribution in [0.3, 0.4) is 0 Å². The van der Waals surface area contributed by atoms with Gasteiger partial charge in [-0.1, -0.05) is 17.7 Å². The molecule has 0 heterocycles. The molecule has 0 amide bonds. The molecule has 0 aliphatic heterocycles. The molecule has 0 fully saturated rings. The molecule has 1 aromatic rings. The molecule has 0 saturated heterocycles. The van der Waals surface area contributed by atoms with Crippen LogP contribution in [0.5, 0.6) is 5.75 Å². The third-order valence-corrected chi connectivity index (χ3v) is 4.64. The highest BCUT2D eigenvalue weighted by Crippen LogP contribution is 2.29. The van der Waals surface area contributed by atoms with Gasteiger partial charge in [-0.3, -0.25) is 0 Å². The second-order valence-corrected chi connectivity index (χ2v) is 8.02. The summed E-state index contributed by atoms with van der Waals surface area (Å²) in [7, 11) is 0. The molecule has 1 aromatic carbocycles. The minimum atomic E-state index is -2.55. The molecule has 0 aliphatic carbocycles. The number of benzene rings is 1. The maximum absolute atomic E-state index is 12.1. The third kappa shape index (κ3) is 5.98. The minimum Gasteiger partial charge on any atom is -0.598 e. The van der Waals surface area contributed by atoms with E-state index in [9.17, 15) is 13.3 Å². The predicted molar refractivity (Wildman–Crippen MR) is 82.4 cm³/mol. The molecule has 1 N–H and O–H groups in total. The summed E-state index contributed by atoms with van der Waals surface area (Å²) in [4.78, 5) is 0. The highest BCUT2D eigenvalue weighted by Gasteiger charge is 2.28. The van der Waals surface area contributed by atoms with Crippen LogP contribution >= 0.6 is 11.6 Å². The molecule has 0 spiro atoms. The second-order valence-electron chi connectivity index (χ2n) is 5.61. The Balaban J connectivity index is 2.74. The van der Waals surface area contributed by atoms with Gasteiger partial charge in [0.05, 0.1) is 11.1 Å². The van der Waals surface area contributed by atoms with E-state index in [1.165, 1.54) is 6.07 Å². The van der Waals surface area contributed by atoms with Crippen molar-refractivity contribution in [2.75, 3.05) is 6.61 Å². The van der Waals surface area contributed by atoms with Gasteiger partial charge in [0.15, 0.2) is 0 Å². The summed E-state index contributed by atoms with van der Waals surface area (Å²) >= 11 is 4.80. The monoisotopic (exact) mass is 339 g/mol. The zero-order valence-corrected chi connectivity index (χ0v) is 14.0. The predicted octanol–water partition coefficient (Wildman–Crippen LogP) is 4.10. The van der Waals surface area contributed by atoms with Crippen LogP contribution in [0.1, 0.15) is 39.3 Å². The van der Waals surface area contributed by atoms with Gasteiger partial charge in [0.25, 0.3) is 6.43 Å². The summed E-state index contributed by atoms with van der Waals surface area (Å²) in [5.74, 6) is 0.213. The molecule has 21 heavy (non-hydrogen) atoms. The van der Waals surface area contributed by atoms with Crippen LogP contribution in [0.15, 0.2) is 18.2 Å². The largest absolute Gasteiger partial charge is 0.598 e. The maximum atomic E-state index is 12.1. The van der Waals surface area contributed by atoms with E-state index in [4.69, 9.17) is 16.3 Å². The number of nitrogens with one attached hydrogen (secondary N) is 1. The summed E-state index contributed by atoms with van der Waals surface area (Å²) < 4.78 is 43.8. The molecule has 0 bridgehead atoms. The van der Waals surface area contributed by atoms with Gasteiger partial charge in [-0.15, -0.1) is 4.72 Å². The molecular weight excluding hydrogens is 320 g/mol. The first-order valence-electron chi connectivity index (χ1n) is 6.49. The van der Waals surface area contributed by atoms with Crippen molar-refractivity contribution in [3.8, 4) is 5.75 Å². The lowest BCUT2D eigenvalue weighted by molar-refractivity contribution is 0.0819. The van der Waals surface area contributed by atoms with Gasteiger partial charge in [0.1, 0.15) is 17.1 Å². The zero-order valence-electron chi connectivity index (χ0n) is 12.5. The smallest absolute Gasteiger partial charge is 0.272 e.